The Labute approximate surface area is 113 Å². The Kier molecular flexibility index (Phi) is 5.57. The van der Waals surface area contributed by atoms with E-state index in [2.05, 4.69) is 10.6 Å². The fraction of sp³-hybridized carbons (Fsp3) is 0.538. The van der Waals surface area contributed by atoms with E-state index in [1.807, 2.05) is 25.1 Å². The number of rotatable bonds is 5. The molecule has 0 radical (unpaired) electrons. The van der Waals surface area contributed by atoms with E-state index < -0.39 is 11.8 Å². The van der Waals surface area contributed by atoms with Gasteiger partial charge in [0, 0.05) is 12.6 Å². The molecular weight excluding hydrogens is 246 g/mol. The second-order valence-electron chi connectivity index (χ2n) is 4.83. The molecule has 0 spiro atoms. The molecule has 2 amide bonds. The largest absolute Gasteiger partial charge is 0.468 e. The van der Waals surface area contributed by atoms with Gasteiger partial charge < -0.3 is 15.1 Å². The van der Waals surface area contributed by atoms with E-state index in [1.54, 1.807) is 26.2 Å². The third-order valence-corrected chi connectivity index (χ3v) is 2.58. The maximum Gasteiger partial charge on any atom is 0.309 e. The molecule has 19 heavy (non-hydrogen) atoms. The van der Waals surface area contributed by atoms with Gasteiger partial charge in [0.05, 0.1) is 12.3 Å². The van der Waals surface area contributed by atoms with Crippen molar-refractivity contribution in [1.29, 1.82) is 0 Å². The minimum atomic E-state index is -0.632. The van der Waals surface area contributed by atoms with Gasteiger partial charge in [0.25, 0.3) is 0 Å². The molecule has 0 fully saturated rings. The summed E-state index contributed by atoms with van der Waals surface area (Å²) in [6, 6.07) is 3.46. The highest BCUT2D eigenvalue weighted by atomic mass is 16.3. The Morgan fingerprint density at radius 1 is 1.32 bits per heavy atom. The number of carbonyl (C=O) groups is 2. The highest BCUT2D eigenvalue weighted by Crippen LogP contribution is 2.17. The maximum absolute atomic E-state index is 11.6. The molecule has 0 aliphatic carbocycles. The molecule has 0 aliphatic rings. The molecule has 1 atom stereocenters. The fourth-order valence-corrected chi connectivity index (χ4v) is 1.62. The number of nitrogens with zero attached hydrogens (tertiary/aromatic N) is 1. The van der Waals surface area contributed by atoms with Gasteiger partial charge in [0.1, 0.15) is 5.76 Å². The van der Waals surface area contributed by atoms with Crippen LogP contribution in [0.15, 0.2) is 22.8 Å². The molecule has 6 heteroatoms. The summed E-state index contributed by atoms with van der Waals surface area (Å²) in [6.45, 7) is 3.91. The van der Waals surface area contributed by atoms with Gasteiger partial charge in [-0.15, -0.1) is 0 Å². The van der Waals surface area contributed by atoms with Gasteiger partial charge in [0.2, 0.25) is 0 Å². The van der Waals surface area contributed by atoms with E-state index >= 15 is 0 Å². The van der Waals surface area contributed by atoms with Crippen LogP contribution in [0.2, 0.25) is 0 Å². The number of furan rings is 1. The smallest absolute Gasteiger partial charge is 0.309 e. The molecule has 0 aliphatic heterocycles. The lowest BCUT2D eigenvalue weighted by Crippen LogP contribution is -2.45. The lowest BCUT2D eigenvalue weighted by Gasteiger charge is -2.22. The van der Waals surface area contributed by atoms with Crippen LogP contribution in [0.1, 0.15) is 25.6 Å². The first-order valence-corrected chi connectivity index (χ1v) is 6.20. The molecule has 1 heterocycles. The van der Waals surface area contributed by atoms with Crippen LogP contribution < -0.4 is 10.6 Å². The van der Waals surface area contributed by atoms with Crippen molar-refractivity contribution >= 4 is 11.8 Å². The lowest BCUT2D eigenvalue weighted by atomic mass is 10.2. The third-order valence-electron chi connectivity index (χ3n) is 2.58. The molecule has 0 saturated heterocycles. The van der Waals surface area contributed by atoms with Crippen molar-refractivity contribution in [2.75, 3.05) is 20.6 Å². The van der Waals surface area contributed by atoms with E-state index in [9.17, 15) is 9.59 Å². The van der Waals surface area contributed by atoms with Crippen LogP contribution in [0.25, 0.3) is 0 Å². The van der Waals surface area contributed by atoms with E-state index in [-0.39, 0.29) is 12.1 Å². The minimum absolute atomic E-state index is 0.0621. The summed E-state index contributed by atoms with van der Waals surface area (Å²) in [5, 5.41) is 5.15. The van der Waals surface area contributed by atoms with Gasteiger partial charge in [-0.3, -0.25) is 14.5 Å². The van der Waals surface area contributed by atoms with Crippen LogP contribution in [-0.4, -0.2) is 43.4 Å². The predicted octanol–water partition coefficient (Wildman–Crippen LogP) is 0.523. The molecule has 1 aromatic rings. The molecule has 1 rings (SSSR count). The molecule has 6 nitrogen and oxygen atoms in total. The first-order valence-electron chi connectivity index (χ1n) is 6.20. The molecule has 2 N–H and O–H groups in total. The lowest BCUT2D eigenvalue weighted by molar-refractivity contribution is -0.139. The second-order valence-corrected chi connectivity index (χ2v) is 4.83. The molecule has 106 valence electrons. The SMILES string of the molecule is CC(C)NC(=O)C(=O)NC[C@@H](c1ccco1)N(C)C. The second kappa shape index (κ2) is 6.94. The standard InChI is InChI=1S/C13H21N3O3/c1-9(2)15-13(18)12(17)14-8-10(16(3)4)11-6-5-7-19-11/h5-7,9-10H,8H2,1-4H3,(H,14,17)(H,15,18)/t10-/m0/s1. The average molecular weight is 267 g/mol. The average Bonchev–Trinajstić information content (AvgIpc) is 2.81. The topological polar surface area (TPSA) is 74.6 Å². The normalized spacial score (nSPS) is 12.5. The highest BCUT2D eigenvalue weighted by Gasteiger charge is 2.20. The van der Waals surface area contributed by atoms with Gasteiger partial charge in [-0.05, 0) is 40.1 Å². The van der Waals surface area contributed by atoms with E-state index in [0.29, 0.717) is 6.54 Å². The number of nitrogens with one attached hydrogen (secondary N) is 2. The summed E-state index contributed by atoms with van der Waals surface area (Å²) < 4.78 is 5.32. The first kappa shape index (κ1) is 15.2. The minimum Gasteiger partial charge on any atom is -0.468 e. The van der Waals surface area contributed by atoms with E-state index in [4.69, 9.17) is 4.42 Å². The predicted molar refractivity (Wildman–Crippen MR) is 71.4 cm³/mol. The molecular formula is C13H21N3O3. The number of amides is 2. The summed E-state index contributed by atoms with van der Waals surface area (Å²) in [4.78, 5) is 25.0. The van der Waals surface area contributed by atoms with Crippen molar-refractivity contribution < 1.29 is 14.0 Å². The summed E-state index contributed by atoms with van der Waals surface area (Å²) >= 11 is 0. The van der Waals surface area contributed by atoms with Gasteiger partial charge in [-0.25, -0.2) is 0 Å². The quantitative estimate of drug-likeness (QED) is 0.763. The molecule has 0 aromatic carbocycles. The van der Waals surface area contributed by atoms with Crippen LogP contribution in [-0.2, 0) is 9.59 Å². The van der Waals surface area contributed by atoms with Crippen molar-refractivity contribution in [2.45, 2.75) is 25.9 Å². The number of carbonyl (C=O) groups excluding carboxylic acids is 2. The van der Waals surface area contributed by atoms with Crippen LogP contribution in [0, 0.1) is 0 Å². The van der Waals surface area contributed by atoms with Crippen LogP contribution in [0.3, 0.4) is 0 Å². The maximum atomic E-state index is 11.6. The van der Waals surface area contributed by atoms with Crippen LogP contribution >= 0.6 is 0 Å². The highest BCUT2D eigenvalue weighted by molar-refractivity contribution is 6.35. The van der Waals surface area contributed by atoms with Crippen molar-refractivity contribution in [3.63, 3.8) is 0 Å². The molecule has 0 bridgehead atoms. The molecule has 1 aromatic heterocycles. The zero-order chi connectivity index (χ0) is 14.4. The van der Waals surface area contributed by atoms with Gasteiger partial charge in [0.15, 0.2) is 0 Å². The number of likely N-dealkylation sites (N-methyl/N-ethyl adjacent to an activating group) is 1. The van der Waals surface area contributed by atoms with Crippen LogP contribution in [0.4, 0.5) is 0 Å². The Balaban J connectivity index is 2.53. The molecule has 0 unspecified atom stereocenters. The summed E-state index contributed by atoms with van der Waals surface area (Å²) in [6.07, 6.45) is 1.58. The van der Waals surface area contributed by atoms with Gasteiger partial charge in [-0.2, -0.15) is 0 Å². The van der Waals surface area contributed by atoms with Gasteiger partial charge >= 0.3 is 11.8 Å². The van der Waals surface area contributed by atoms with Crippen molar-refractivity contribution in [3.05, 3.63) is 24.2 Å². The third kappa shape index (κ3) is 4.75. The summed E-state index contributed by atoms with van der Waals surface area (Å²) in [5.41, 5.74) is 0. The van der Waals surface area contributed by atoms with Crippen molar-refractivity contribution in [2.24, 2.45) is 0 Å². The number of hydrogen-bond acceptors (Lipinski definition) is 4. The van der Waals surface area contributed by atoms with E-state index in [0.717, 1.165) is 5.76 Å². The number of hydrogen-bond donors (Lipinski definition) is 2. The summed E-state index contributed by atoms with van der Waals surface area (Å²) in [7, 11) is 3.76. The first-order chi connectivity index (χ1) is 8.91. The Bertz CT molecular complexity index is 413. The summed E-state index contributed by atoms with van der Waals surface area (Å²) in [5.74, 6) is -0.506. The van der Waals surface area contributed by atoms with Crippen LogP contribution in [0.5, 0.6) is 0 Å². The zero-order valence-electron chi connectivity index (χ0n) is 11.8. The van der Waals surface area contributed by atoms with E-state index in [1.165, 1.54) is 0 Å². The van der Waals surface area contributed by atoms with Gasteiger partial charge in [-0.1, -0.05) is 0 Å². The van der Waals surface area contributed by atoms with Crippen molar-refractivity contribution in [1.82, 2.24) is 15.5 Å². The zero-order valence-corrected chi connectivity index (χ0v) is 11.8. The van der Waals surface area contributed by atoms with Crippen molar-refractivity contribution in [3.8, 4) is 0 Å². The monoisotopic (exact) mass is 267 g/mol. The Hall–Kier alpha value is -1.82. The Morgan fingerprint density at radius 3 is 2.47 bits per heavy atom. The fourth-order valence-electron chi connectivity index (χ4n) is 1.62. The molecule has 0 saturated carbocycles. The Morgan fingerprint density at radius 2 is 2.00 bits per heavy atom.